The summed E-state index contributed by atoms with van der Waals surface area (Å²) in [4.78, 5) is 29.1. The van der Waals surface area contributed by atoms with Crippen molar-refractivity contribution >= 4 is 40.8 Å². The maximum atomic E-state index is 13.1. The lowest BCUT2D eigenvalue weighted by Gasteiger charge is -2.31. The van der Waals surface area contributed by atoms with E-state index in [1.807, 2.05) is 31.2 Å². The van der Waals surface area contributed by atoms with Crippen molar-refractivity contribution in [2.45, 2.75) is 31.8 Å². The third-order valence-electron chi connectivity index (χ3n) is 5.18. The molecule has 2 aromatic rings. The van der Waals surface area contributed by atoms with Gasteiger partial charge in [-0.1, -0.05) is 35.3 Å². The zero-order chi connectivity index (χ0) is 20.3. The van der Waals surface area contributed by atoms with Crippen LogP contribution in [-0.4, -0.2) is 41.4 Å². The third kappa shape index (κ3) is 4.59. The molecule has 1 unspecified atom stereocenters. The first-order valence-electron chi connectivity index (χ1n) is 9.22. The average Bonchev–Trinajstić information content (AvgIpc) is 3.18. The maximum Gasteiger partial charge on any atom is 0.322 e. The fourth-order valence-electron chi connectivity index (χ4n) is 3.39. The summed E-state index contributed by atoms with van der Waals surface area (Å²) in [6.07, 6.45) is 1.46. The summed E-state index contributed by atoms with van der Waals surface area (Å²) in [5.74, 6) is -0.0637. The second-order valence-corrected chi connectivity index (χ2v) is 7.84. The summed E-state index contributed by atoms with van der Waals surface area (Å²) in [6.45, 7) is 2.52. The standard InChI is InChI=1S/C21H23Cl2N3O2/c1-14(15-5-7-16(22)8-6-15)25(2)20(27)19-4-3-13-26(19)21(28)24-18-11-9-17(23)10-12-18/h5-12,14,19H,3-4,13H2,1-2H3,(H,24,28)/t14?,19-/m1/s1. The van der Waals surface area contributed by atoms with E-state index in [1.165, 1.54) is 0 Å². The van der Waals surface area contributed by atoms with Crippen molar-refractivity contribution in [1.29, 1.82) is 0 Å². The number of likely N-dealkylation sites (tertiary alicyclic amines) is 1. The van der Waals surface area contributed by atoms with E-state index in [-0.39, 0.29) is 18.0 Å². The van der Waals surface area contributed by atoms with Crippen LogP contribution in [-0.2, 0) is 4.79 Å². The van der Waals surface area contributed by atoms with E-state index in [0.717, 1.165) is 12.0 Å². The summed E-state index contributed by atoms with van der Waals surface area (Å²) >= 11 is 11.8. The molecule has 28 heavy (non-hydrogen) atoms. The van der Waals surface area contributed by atoms with Gasteiger partial charge in [0.1, 0.15) is 6.04 Å². The summed E-state index contributed by atoms with van der Waals surface area (Å²) in [5, 5.41) is 4.10. The molecule has 5 nitrogen and oxygen atoms in total. The number of hydrogen-bond donors (Lipinski definition) is 1. The van der Waals surface area contributed by atoms with Gasteiger partial charge < -0.3 is 15.1 Å². The number of hydrogen-bond acceptors (Lipinski definition) is 2. The summed E-state index contributed by atoms with van der Waals surface area (Å²) in [7, 11) is 1.77. The van der Waals surface area contributed by atoms with Gasteiger partial charge in [0.15, 0.2) is 0 Å². The lowest BCUT2D eigenvalue weighted by molar-refractivity contribution is -0.135. The SMILES string of the molecule is CC(c1ccc(Cl)cc1)N(C)C(=O)[C@H]1CCCN1C(=O)Nc1ccc(Cl)cc1. The highest BCUT2D eigenvalue weighted by Crippen LogP contribution is 2.26. The number of benzene rings is 2. The number of nitrogens with one attached hydrogen (secondary N) is 1. The van der Waals surface area contributed by atoms with Gasteiger partial charge >= 0.3 is 6.03 Å². The second kappa shape index (κ2) is 8.84. The smallest absolute Gasteiger partial charge is 0.322 e. The minimum atomic E-state index is -0.466. The molecule has 2 atom stereocenters. The van der Waals surface area contributed by atoms with E-state index in [0.29, 0.717) is 28.7 Å². The number of carbonyl (C=O) groups excluding carboxylic acids is 2. The predicted molar refractivity (Wildman–Crippen MR) is 113 cm³/mol. The Morgan fingerprint density at radius 2 is 1.64 bits per heavy atom. The number of nitrogens with zero attached hydrogens (tertiary/aromatic N) is 2. The number of amides is 3. The van der Waals surface area contributed by atoms with Crippen molar-refractivity contribution < 1.29 is 9.59 Å². The zero-order valence-corrected chi connectivity index (χ0v) is 17.4. The van der Waals surface area contributed by atoms with Crippen LogP contribution >= 0.6 is 23.2 Å². The Morgan fingerprint density at radius 1 is 1.07 bits per heavy atom. The molecule has 1 aliphatic rings. The van der Waals surface area contributed by atoms with Gasteiger partial charge in [0.2, 0.25) is 5.91 Å². The molecule has 1 fully saturated rings. The molecule has 148 valence electrons. The van der Waals surface area contributed by atoms with Gasteiger partial charge in [-0.2, -0.15) is 0 Å². The third-order valence-corrected chi connectivity index (χ3v) is 5.68. The van der Waals surface area contributed by atoms with Crippen LogP contribution in [0.5, 0.6) is 0 Å². The minimum absolute atomic E-state index is 0.0637. The first-order valence-corrected chi connectivity index (χ1v) is 9.97. The van der Waals surface area contributed by atoms with Crippen molar-refractivity contribution in [3.8, 4) is 0 Å². The van der Waals surface area contributed by atoms with Crippen molar-refractivity contribution in [3.63, 3.8) is 0 Å². The Kier molecular flexibility index (Phi) is 6.47. The maximum absolute atomic E-state index is 13.1. The van der Waals surface area contributed by atoms with Gasteiger partial charge in [-0.15, -0.1) is 0 Å². The lowest BCUT2D eigenvalue weighted by Crippen LogP contribution is -2.48. The summed E-state index contributed by atoms with van der Waals surface area (Å²) < 4.78 is 0. The van der Waals surface area contributed by atoms with E-state index in [2.05, 4.69) is 5.32 Å². The number of carbonyl (C=O) groups is 2. The van der Waals surface area contributed by atoms with E-state index < -0.39 is 6.04 Å². The van der Waals surface area contributed by atoms with Crippen LogP contribution in [0, 0.1) is 0 Å². The number of urea groups is 1. The highest BCUT2D eigenvalue weighted by atomic mass is 35.5. The van der Waals surface area contributed by atoms with Gasteiger partial charge in [0.05, 0.1) is 6.04 Å². The molecule has 1 saturated heterocycles. The fourth-order valence-corrected chi connectivity index (χ4v) is 3.64. The van der Waals surface area contributed by atoms with Crippen molar-refractivity contribution in [2.75, 3.05) is 18.9 Å². The Labute approximate surface area is 175 Å². The monoisotopic (exact) mass is 419 g/mol. The molecular formula is C21H23Cl2N3O2. The zero-order valence-electron chi connectivity index (χ0n) is 15.9. The molecule has 0 aromatic heterocycles. The molecule has 0 saturated carbocycles. The lowest BCUT2D eigenvalue weighted by atomic mass is 10.1. The van der Waals surface area contributed by atoms with Crippen LogP contribution in [0.25, 0.3) is 0 Å². The Hall–Kier alpha value is -2.24. The largest absolute Gasteiger partial charge is 0.337 e. The first kappa shape index (κ1) is 20.5. The average molecular weight is 420 g/mol. The molecule has 0 bridgehead atoms. The fraction of sp³-hybridized carbons (Fsp3) is 0.333. The summed E-state index contributed by atoms with van der Waals surface area (Å²) in [5.41, 5.74) is 1.64. The molecule has 3 amide bonds. The van der Waals surface area contributed by atoms with E-state index in [9.17, 15) is 9.59 Å². The Bertz CT molecular complexity index is 840. The minimum Gasteiger partial charge on any atom is -0.337 e. The molecule has 7 heteroatoms. The van der Waals surface area contributed by atoms with E-state index in [1.54, 1.807) is 41.1 Å². The molecular weight excluding hydrogens is 397 g/mol. The summed E-state index contributed by atoms with van der Waals surface area (Å²) in [6, 6.07) is 13.5. The van der Waals surface area contributed by atoms with Gasteiger partial charge in [-0.05, 0) is 61.7 Å². The molecule has 0 spiro atoms. The molecule has 2 aromatic carbocycles. The number of anilines is 1. The molecule has 3 rings (SSSR count). The van der Waals surface area contributed by atoms with Crippen LogP contribution in [0.2, 0.25) is 10.0 Å². The Morgan fingerprint density at radius 3 is 2.25 bits per heavy atom. The predicted octanol–water partition coefficient (Wildman–Crippen LogP) is 5.21. The van der Waals surface area contributed by atoms with Crippen molar-refractivity contribution in [1.82, 2.24) is 9.80 Å². The van der Waals surface area contributed by atoms with Gasteiger partial charge in [0, 0.05) is 29.3 Å². The first-order chi connectivity index (χ1) is 13.4. The quantitative estimate of drug-likeness (QED) is 0.739. The van der Waals surface area contributed by atoms with E-state index in [4.69, 9.17) is 23.2 Å². The highest BCUT2D eigenvalue weighted by Gasteiger charge is 2.37. The van der Waals surface area contributed by atoms with Crippen LogP contribution in [0.4, 0.5) is 10.5 Å². The van der Waals surface area contributed by atoms with Gasteiger partial charge in [-0.25, -0.2) is 4.79 Å². The van der Waals surface area contributed by atoms with Gasteiger partial charge in [-0.3, -0.25) is 4.79 Å². The van der Waals surface area contributed by atoms with Gasteiger partial charge in [0.25, 0.3) is 0 Å². The molecule has 1 N–H and O–H groups in total. The van der Waals surface area contributed by atoms with Crippen LogP contribution in [0.3, 0.4) is 0 Å². The number of likely N-dealkylation sites (N-methyl/N-ethyl adjacent to an activating group) is 1. The van der Waals surface area contributed by atoms with Crippen LogP contribution in [0.15, 0.2) is 48.5 Å². The molecule has 0 radical (unpaired) electrons. The van der Waals surface area contributed by atoms with Crippen LogP contribution in [0.1, 0.15) is 31.4 Å². The molecule has 1 heterocycles. The number of halogens is 2. The Balaban J connectivity index is 1.68. The van der Waals surface area contributed by atoms with Crippen molar-refractivity contribution in [3.05, 3.63) is 64.1 Å². The van der Waals surface area contributed by atoms with Crippen molar-refractivity contribution in [2.24, 2.45) is 0 Å². The normalized spacial score (nSPS) is 17.3. The highest BCUT2D eigenvalue weighted by molar-refractivity contribution is 6.30. The molecule has 1 aliphatic heterocycles. The van der Waals surface area contributed by atoms with E-state index >= 15 is 0 Å². The van der Waals surface area contributed by atoms with Crippen LogP contribution < -0.4 is 5.32 Å². The molecule has 0 aliphatic carbocycles. The number of rotatable bonds is 4. The second-order valence-electron chi connectivity index (χ2n) is 6.97. The topological polar surface area (TPSA) is 52.7 Å².